The van der Waals surface area contributed by atoms with Crippen LogP contribution in [0.1, 0.15) is 163 Å². The molecule has 18 rings (SSSR count). The summed E-state index contributed by atoms with van der Waals surface area (Å²) in [5.41, 5.74) is 17.2. The smallest absolute Gasteiger partial charge is 0.657 e. The number of fused-ring (bicyclic) bond motifs is 10. The van der Waals surface area contributed by atoms with Crippen molar-refractivity contribution in [1.29, 1.82) is 0 Å². The molecule has 0 N–H and O–H groups in total. The van der Waals surface area contributed by atoms with Crippen LogP contribution in [0.15, 0.2) is 177 Å². The van der Waals surface area contributed by atoms with Gasteiger partial charge in [-0.05, 0) is 148 Å². The van der Waals surface area contributed by atoms with Crippen LogP contribution in [0.25, 0.3) is 65.9 Å². The summed E-state index contributed by atoms with van der Waals surface area (Å²) in [5, 5.41) is 2.52. The SMILES string of the molecule is CC(C)c1cc(C(C)C)c(-c2cc(N3[CH-]N(C)c4nccnc43)[c-]c(N3[CH-]N(C)c4nccnc43)c2)c(C(C)C)c1.CC(C)c1cc(C(C)C)c(-c2cc(N3[CH-]N(C)c4nccnc43)[c-]c(N3[CH-]N(C)c4nccnc43)c2)c(C(C)C)c1.FC(F)(F)c1ccc2[n-]c3ccc(C(F)(F)F)cc3c2c1.[Pt+4].[Pt+4].c1ccc2c(c1)[n-]c1cnccc12. The van der Waals surface area contributed by atoms with Gasteiger partial charge in [0, 0.05) is 62.0 Å². The van der Waals surface area contributed by atoms with Gasteiger partial charge < -0.3 is 49.2 Å². The molecule has 0 atom stereocenters. The Morgan fingerprint density at radius 2 is 0.610 bits per heavy atom. The minimum Gasteiger partial charge on any atom is -0.657 e. The molecule has 11 heterocycles. The average molecular weight is 1950 g/mol. The predicted molar refractivity (Wildman–Crippen MR) is 451 cm³/mol. The maximum absolute atomic E-state index is 12.7. The zero-order valence-electron chi connectivity index (χ0n) is 67.9. The summed E-state index contributed by atoms with van der Waals surface area (Å²) in [6.45, 7) is 35.5. The molecule has 608 valence electrons. The van der Waals surface area contributed by atoms with E-state index in [9.17, 15) is 26.3 Å². The minimum atomic E-state index is -4.56. The van der Waals surface area contributed by atoms with Crippen molar-refractivity contribution in [1.82, 2.24) is 54.8 Å². The van der Waals surface area contributed by atoms with Crippen molar-refractivity contribution in [3.05, 3.63) is 261 Å². The predicted octanol–water partition coefficient (Wildman–Crippen LogP) is 22.4. The third-order valence-corrected chi connectivity index (χ3v) is 21.0. The molecule has 14 aromatic rings. The molecule has 7 aromatic carbocycles. The molecule has 0 radical (unpaired) electrons. The molecule has 19 nitrogen and oxygen atoms in total. The van der Waals surface area contributed by atoms with Crippen LogP contribution in [0.5, 0.6) is 0 Å². The van der Waals surface area contributed by atoms with Crippen LogP contribution in [-0.2, 0) is 54.5 Å². The third kappa shape index (κ3) is 16.7. The van der Waals surface area contributed by atoms with E-state index in [1.54, 1.807) is 62.0 Å². The first-order valence-electron chi connectivity index (χ1n) is 38.5. The molecular formula is C91H87F6N19Pt2. The van der Waals surface area contributed by atoms with Gasteiger partial charge in [0.25, 0.3) is 0 Å². The van der Waals surface area contributed by atoms with Crippen molar-refractivity contribution in [3.8, 4) is 22.3 Å². The van der Waals surface area contributed by atoms with Crippen LogP contribution in [0.2, 0.25) is 0 Å². The number of hydrogen-bond acceptors (Lipinski definition) is 17. The van der Waals surface area contributed by atoms with Gasteiger partial charge in [0.1, 0.15) is 46.5 Å². The van der Waals surface area contributed by atoms with Crippen molar-refractivity contribution < 1.29 is 68.5 Å². The fourth-order valence-corrected chi connectivity index (χ4v) is 15.1. The zero-order valence-corrected chi connectivity index (χ0v) is 72.5. The Balaban J connectivity index is 0.000000146. The topological polar surface area (TPSA) is 170 Å². The number of alkyl halides is 6. The van der Waals surface area contributed by atoms with Crippen molar-refractivity contribution in [2.45, 2.75) is 131 Å². The van der Waals surface area contributed by atoms with E-state index in [-0.39, 0.29) is 63.9 Å². The molecule has 0 aliphatic carbocycles. The standard InChI is InChI=1S/2C33H37N8.C14H6F6N.C11H7N2.2Pt/c2*1-20(2)23-15-27(21(3)4)29(28(16-23)22(5)6)24-13-25(40-18-38(7)30-32(40)36-11-9-34-30)17-26(14-24)41-19-39(8)31-33(41)37-12-10-35-31;15-13(16,17)7-1-3-11-9(5-7)10-6-8(14(18,19)20)2-4-12(10)21-11;1-2-4-10-8(3-1)9-5-6-12-7-11(9)13-10;;/h2*9-16,18-22H,1-8H3;1-6H;1-7H;;/q2*-3;2*-1;2*+4. The van der Waals surface area contributed by atoms with Gasteiger partial charge in [0.2, 0.25) is 0 Å². The third-order valence-electron chi connectivity index (χ3n) is 21.0. The van der Waals surface area contributed by atoms with Crippen LogP contribution in [0, 0.1) is 38.8 Å². The van der Waals surface area contributed by atoms with Gasteiger partial charge in [0.05, 0.1) is 11.1 Å². The van der Waals surface area contributed by atoms with E-state index in [0.717, 1.165) is 128 Å². The summed E-state index contributed by atoms with van der Waals surface area (Å²) >= 11 is 0. The average Bonchev–Trinajstić information content (AvgIpc) is 1.11. The van der Waals surface area contributed by atoms with E-state index in [0.29, 0.717) is 35.5 Å². The van der Waals surface area contributed by atoms with Crippen molar-refractivity contribution in [2.75, 3.05) is 67.4 Å². The first kappa shape index (κ1) is 84.9. The number of pyridine rings is 1. The monoisotopic (exact) mass is 1950 g/mol. The summed E-state index contributed by atoms with van der Waals surface area (Å²) in [6.07, 6.45) is 8.32. The number of benzene rings is 7. The number of rotatable bonds is 12. The molecule has 7 aromatic heterocycles. The van der Waals surface area contributed by atoms with E-state index >= 15 is 0 Å². The van der Waals surface area contributed by atoms with Gasteiger partial charge in [-0.1, -0.05) is 156 Å². The van der Waals surface area contributed by atoms with E-state index in [1.807, 2.05) is 98.7 Å². The molecule has 0 amide bonds. The van der Waals surface area contributed by atoms with Gasteiger partial charge in [-0.25, -0.2) is 39.9 Å². The summed E-state index contributed by atoms with van der Waals surface area (Å²) in [6, 6.07) is 41.8. The fraction of sp³-hybridized carbons (Fsp3) is 0.264. The van der Waals surface area contributed by atoms with Crippen LogP contribution in [0.4, 0.5) is 95.6 Å². The Hall–Kier alpha value is -11.0. The molecular weight excluding hydrogens is 1860 g/mol. The summed E-state index contributed by atoms with van der Waals surface area (Å²) < 4.78 is 76.1. The molecule has 0 saturated heterocycles. The maximum atomic E-state index is 12.7. The number of aromatic nitrogens is 11. The number of nitrogens with zero attached hydrogens (tertiary/aromatic N) is 19. The van der Waals surface area contributed by atoms with E-state index < -0.39 is 23.5 Å². The Morgan fingerprint density at radius 3 is 0.915 bits per heavy atom. The Kier molecular flexibility index (Phi) is 24.5. The van der Waals surface area contributed by atoms with Crippen LogP contribution >= 0.6 is 0 Å². The van der Waals surface area contributed by atoms with Crippen molar-refractivity contribution in [2.24, 2.45) is 0 Å². The number of halogens is 6. The molecule has 0 spiro atoms. The van der Waals surface area contributed by atoms with Gasteiger partial charge >= 0.3 is 54.5 Å². The Morgan fingerprint density at radius 1 is 0.322 bits per heavy atom. The largest absolute Gasteiger partial charge is 4.00 e. The van der Waals surface area contributed by atoms with E-state index in [2.05, 4.69) is 224 Å². The molecule has 4 aliphatic rings. The normalized spacial score (nSPS) is 13.7. The number of hydrogen-bond donors (Lipinski definition) is 0. The van der Waals surface area contributed by atoms with Crippen LogP contribution < -0.4 is 49.2 Å². The molecule has 0 fully saturated rings. The number of anilines is 12. The Bertz CT molecular complexity index is 5430. The van der Waals surface area contributed by atoms with Crippen molar-refractivity contribution in [3.63, 3.8) is 0 Å². The first-order chi connectivity index (χ1) is 55.4. The van der Waals surface area contributed by atoms with E-state index in [1.165, 1.54) is 55.3 Å². The summed E-state index contributed by atoms with van der Waals surface area (Å²) in [5.74, 6) is 8.65. The molecule has 0 unspecified atom stereocenters. The summed E-state index contributed by atoms with van der Waals surface area (Å²) in [7, 11) is 7.97. The second-order valence-corrected chi connectivity index (χ2v) is 31.1. The number of para-hydroxylation sites is 1. The summed E-state index contributed by atoms with van der Waals surface area (Å²) in [4.78, 5) is 65.8. The van der Waals surface area contributed by atoms with Gasteiger partial charge in [-0.15, -0.1) is 119 Å². The zero-order chi connectivity index (χ0) is 82.1. The fourth-order valence-electron chi connectivity index (χ4n) is 15.1. The minimum absolute atomic E-state index is 0. The molecule has 0 bridgehead atoms. The van der Waals surface area contributed by atoms with Crippen LogP contribution in [-0.4, -0.2) is 73.0 Å². The molecule has 4 aliphatic heterocycles. The van der Waals surface area contributed by atoms with Gasteiger partial charge in [-0.3, -0.25) is 4.98 Å². The first-order valence-corrected chi connectivity index (χ1v) is 38.5. The van der Waals surface area contributed by atoms with Gasteiger partial charge in [0.15, 0.2) is 0 Å². The maximum Gasteiger partial charge on any atom is 4.00 e. The molecule has 118 heavy (non-hydrogen) atoms. The van der Waals surface area contributed by atoms with E-state index in [4.69, 9.17) is 0 Å². The second-order valence-electron chi connectivity index (χ2n) is 31.1. The van der Waals surface area contributed by atoms with Crippen LogP contribution in [0.3, 0.4) is 0 Å². The second kappa shape index (κ2) is 34.1. The quantitative estimate of drug-likeness (QED) is 0.0835. The van der Waals surface area contributed by atoms with Crippen molar-refractivity contribution >= 4 is 113 Å². The molecule has 0 saturated carbocycles. The van der Waals surface area contributed by atoms with Gasteiger partial charge in [-0.2, -0.15) is 26.3 Å². The Labute approximate surface area is 712 Å². The molecule has 27 heteroatoms.